The van der Waals surface area contributed by atoms with Crippen molar-refractivity contribution in [3.63, 3.8) is 0 Å². The number of hydrogen-bond acceptors (Lipinski definition) is 6. The Bertz CT molecular complexity index is 1620. The van der Waals surface area contributed by atoms with Crippen molar-refractivity contribution >= 4 is 34.7 Å². The normalized spacial score (nSPS) is 22.1. The minimum absolute atomic E-state index is 0.0526. The third-order valence-corrected chi connectivity index (χ3v) is 8.53. The highest BCUT2D eigenvalue weighted by Gasteiger charge is 2.40. The number of benzene rings is 2. The van der Waals surface area contributed by atoms with Gasteiger partial charge in [-0.25, -0.2) is 13.8 Å². The summed E-state index contributed by atoms with van der Waals surface area (Å²) in [7, 11) is 0. The molecule has 0 radical (unpaired) electrons. The summed E-state index contributed by atoms with van der Waals surface area (Å²) in [6, 6.07) is 11.4. The van der Waals surface area contributed by atoms with Crippen LogP contribution in [0, 0.1) is 11.7 Å². The Labute approximate surface area is 260 Å². The van der Waals surface area contributed by atoms with Crippen molar-refractivity contribution in [3.05, 3.63) is 77.2 Å². The van der Waals surface area contributed by atoms with E-state index < -0.39 is 48.3 Å². The molecule has 3 fully saturated rings. The van der Waals surface area contributed by atoms with Crippen molar-refractivity contribution in [2.24, 2.45) is 5.92 Å². The lowest BCUT2D eigenvalue weighted by molar-refractivity contribution is -0.138. The summed E-state index contributed by atoms with van der Waals surface area (Å²) >= 11 is 0. The molecule has 0 bridgehead atoms. The summed E-state index contributed by atoms with van der Waals surface area (Å²) in [5.74, 6) is -0.773. The standard InChI is InChI=1S/C34H37F2N5O4/c1-20(28-16-26(45-27-12-13-37-17-27)9-6-22(28)5-4-21-2-3-21)39-34(44)31-15-25(36)19-41(31)32(42)18-38-33(43)30-10-7-23-14-24(35)8-11-29(23)40-30/h4-11,14,16,20-21,25,27,31,37H,2-3,12-13,15,17-19H2,1H3,(H,38,43)(H,39,44)/b5-4+/t20-,25+,27+,31-/m0/s1. The minimum atomic E-state index is -1.37. The summed E-state index contributed by atoms with van der Waals surface area (Å²) in [6.07, 6.45) is 6.10. The first-order valence-electron chi connectivity index (χ1n) is 15.5. The number of carbonyl (C=O) groups excluding carboxylic acids is 3. The van der Waals surface area contributed by atoms with E-state index in [9.17, 15) is 23.2 Å². The molecule has 9 nitrogen and oxygen atoms in total. The Balaban J connectivity index is 1.11. The molecule has 0 spiro atoms. The average molecular weight is 618 g/mol. The molecule has 3 heterocycles. The van der Waals surface area contributed by atoms with Crippen molar-refractivity contribution in [3.8, 4) is 5.75 Å². The smallest absolute Gasteiger partial charge is 0.270 e. The number of alkyl halides is 1. The highest BCUT2D eigenvalue weighted by Crippen LogP contribution is 2.33. The molecule has 6 rings (SSSR count). The van der Waals surface area contributed by atoms with Gasteiger partial charge in [-0.15, -0.1) is 0 Å². The maximum absolute atomic E-state index is 14.6. The lowest BCUT2D eigenvalue weighted by Gasteiger charge is -2.26. The third kappa shape index (κ3) is 7.47. The summed E-state index contributed by atoms with van der Waals surface area (Å²) in [5, 5.41) is 9.34. The summed E-state index contributed by atoms with van der Waals surface area (Å²) in [6.45, 7) is 2.88. The molecule has 3 aromatic rings. The molecule has 236 valence electrons. The first kappa shape index (κ1) is 30.6. The fourth-order valence-corrected chi connectivity index (χ4v) is 5.87. The molecule has 11 heteroatoms. The van der Waals surface area contributed by atoms with Gasteiger partial charge in [0.1, 0.15) is 35.6 Å². The molecule has 45 heavy (non-hydrogen) atoms. The van der Waals surface area contributed by atoms with Gasteiger partial charge in [-0.1, -0.05) is 24.3 Å². The number of nitrogens with zero attached hydrogens (tertiary/aromatic N) is 2. The number of rotatable bonds is 10. The summed E-state index contributed by atoms with van der Waals surface area (Å²) in [5.41, 5.74) is 2.32. The number of aromatic nitrogens is 1. The van der Waals surface area contributed by atoms with Gasteiger partial charge in [0.15, 0.2) is 0 Å². The fourth-order valence-electron chi connectivity index (χ4n) is 5.87. The van der Waals surface area contributed by atoms with Crippen LogP contribution in [0.3, 0.4) is 0 Å². The predicted molar refractivity (Wildman–Crippen MR) is 166 cm³/mol. The number of pyridine rings is 1. The van der Waals surface area contributed by atoms with Gasteiger partial charge in [0.2, 0.25) is 11.8 Å². The first-order valence-corrected chi connectivity index (χ1v) is 15.5. The lowest BCUT2D eigenvalue weighted by Crippen LogP contribution is -2.49. The molecule has 3 amide bonds. The van der Waals surface area contributed by atoms with E-state index in [-0.39, 0.29) is 24.8 Å². The van der Waals surface area contributed by atoms with Crippen LogP contribution >= 0.6 is 0 Å². The molecule has 3 aliphatic rings. The van der Waals surface area contributed by atoms with Crippen LogP contribution in [0.25, 0.3) is 17.0 Å². The van der Waals surface area contributed by atoms with E-state index in [1.54, 1.807) is 6.07 Å². The molecule has 3 N–H and O–H groups in total. The van der Waals surface area contributed by atoms with Gasteiger partial charge in [-0.3, -0.25) is 14.4 Å². The predicted octanol–water partition coefficient (Wildman–Crippen LogP) is 4.08. The zero-order chi connectivity index (χ0) is 31.5. The van der Waals surface area contributed by atoms with E-state index >= 15 is 0 Å². The average Bonchev–Trinajstić information content (AvgIpc) is 3.56. The third-order valence-electron chi connectivity index (χ3n) is 8.53. The lowest BCUT2D eigenvalue weighted by atomic mass is 9.99. The maximum Gasteiger partial charge on any atom is 0.270 e. The second-order valence-electron chi connectivity index (χ2n) is 12.1. The minimum Gasteiger partial charge on any atom is -0.489 e. The summed E-state index contributed by atoms with van der Waals surface area (Å²) in [4.78, 5) is 44.8. The van der Waals surface area contributed by atoms with Gasteiger partial charge in [-0.05, 0) is 86.2 Å². The maximum atomic E-state index is 14.6. The van der Waals surface area contributed by atoms with Crippen molar-refractivity contribution in [1.29, 1.82) is 0 Å². The fraction of sp³-hybridized carbons (Fsp3) is 0.412. The zero-order valence-corrected chi connectivity index (χ0v) is 25.1. The van der Waals surface area contributed by atoms with E-state index in [1.807, 2.05) is 25.1 Å². The van der Waals surface area contributed by atoms with Crippen LogP contribution in [0.5, 0.6) is 5.75 Å². The highest BCUT2D eigenvalue weighted by atomic mass is 19.1. The first-order chi connectivity index (χ1) is 21.7. The van der Waals surface area contributed by atoms with Gasteiger partial charge in [0.05, 0.1) is 24.6 Å². The molecule has 2 aliphatic heterocycles. The second kappa shape index (κ2) is 13.3. The molecule has 0 unspecified atom stereocenters. The summed E-state index contributed by atoms with van der Waals surface area (Å²) < 4.78 is 34.3. The van der Waals surface area contributed by atoms with Crippen LogP contribution in [-0.4, -0.2) is 72.1 Å². The Morgan fingerprint density at radius 1 is 1.13 bits per heavy atom. The highest BCUT2D eigenvalue weighted by molar-refractivity contribution is 5.97. The van der Waals surface area contributed by atoms with Gasteiger partial charge >= 0.3 is 0 Å². The van der Waals surface area contributed by atoms with Crippen molar-refractivity contribution in [2.45, 2.75) is 57.0 Å². The Morgan fingerprint density at radius 2 is 1.98 bits per heavy atom. The Kier molecular flexibility index (Phi) is 9.07. The van der Waals surface area contributed by atoms with Crippen LogP contribution < -0.4 is 20.7 Å². The van der Waals surface area contributed by atoms with Crippen molar-refractivity contribution < 1.29 is 27.9 Å². The SMILES string of the molecule is C[C@H](NC(=O)[C@@H]1C[C@@H](F)CN1C(=O)CNC(=O)c1ccc2cc(F)ccc2n1)c1cc(O[C@@H]2CCNC2)ccc1/C=C/C1CC1. The van der Waals surface area contributed by atoms with Crippen molar-refractivity contribution in [2.75, 3.05) is 26.2 Å². The van der Waals surface area contributed by atoms with Crippen LogP contribution in [0.2, 0.25) is 0 Å². The molecule has 2 aromatic carbocycles. The van der Waals surface area contributed by atoms with E-state index in [2.05, 4.69) is 33.1 Å². The second-order valence-corrected chi connectivity index (χ2v) is 12.1. The molecule has 1 aromatic heterocycles. The van der Waals surface area contributed by atoms with Crippen LogP contribution in [0.1, 0.15) is 60.3 Å². The molecule has 4 atom stereocenters. The number of halogens is 2. The molecule has 2 saturated heterocycles. The number of carbonyl (C=O) groups is 3. The monoisotopic (exact) mass is 617 g/mol. The van der Waals surface area contributed by atoms with E-state index in [4.69, 9.17) is 4.74 Å². The molecular formula is C34H37F2N5O4. The van der Waals surface area contributed by atoms with Gasteiger partial charge < -0.3 is 25.6 Å². The number of fused-ring (bicyclic) bond motifs is 1. The number of likely N-dealkylation sites (tertiary alicyclic amines) is 1. The largest absolute Gasteiger partial charge is 0.489 e. The molecule has 1 aliphatic carbocycles. The topological polar surface area (TPSA) is 113 Å². The number of nitrogens with one attached hydrogen (secondary N) is 3. The molecule has 1 saturated carbocycles. The number of ether oxygens (including phenoxy) is 1. The molecular weight excluding hydrogens is 580 g/mol. The van der Waals surface area contributed by atoms with E-state index in [1.165, 1.54) is 42.0 Å². The van der Waals surface area contributed by atoms with Crippen LogP contribution in [0.4, 0.5) is 8.78 Å². The zero-order valence-electron chi connectivity index (χ0n) is 25.1. The van der Waals surface area contributed by atoms with E-state index in [0.29, 0.717) is 22.6 Å². The number of hydrogen-bond donors (Lipinski definition) is 3. The van der Waals surface area contributed by atoms with Gasteiger partial charge in [0, 0.05) is 18.4 Å². The van der Waals surface area contributed by atoms with Crippen LogP contribution in [-0.2, 0) is 9.59 Å². The van der Waals surface area contributed by atoms with Gasteiger partial charge in [0.25, 0.3) is 5.91 Å². The Hall–Kier alpha value is -4.38. The van der Waals surface area contributed by atoms with E-state index in [0.717, 1.165) is 30.6 Å². The number of allylic oxidation sites excluding steroid dienone is 1. The van der Waals surface area contributed by atoms with Crippen molar-refractivity contribution in [1.82, 2.24) is 25.8 Å². The Morgan fingerprint density at radius 3 is 2.76 bits per heavy atom. The quantitative estimate of drug-likeness (QED) is 0.316. The van der Waals surface area contributed by atoms with Gasteiger partial charge in [-0.2, -0.15) is 0 Å². The number of amides is 3. The van der Waals surface area contributed by atoms with Crippen LogP contribution in [0.15, 0.2) is 54.6 Å².